The van der Waals surface area contributed by atoms with Gasteiger partial charge in [-0.3, -0.25) is 9.59 Å². The molecule has 79 valence electrons. The van der Waals surface area contributed by atoms with E-state index in [-0.39, 0.29) is 11.7 Å². The van der Waals surface area contributed by atoms with Crippen LogP contribution in [-0.2, 0) is 16.0 Å². The third-order valence-electron chi connectivity index (χ3n) is 1.90. The molecule has 0 fully saturated rings. The topological polar surface area (TPSA) is 66.4 Å². The molecule has 1 unspecified atom stereocenters. The van der Waals surface area contributed by atoms with Gasteiger partial charge in [0, 0.05) is 13.3 Å². The molecule has 0 spiro atoms. The van der Waals surface area contributed by atoms with Crippen LogP contribution in [0.15, 0.2) is 24.3 Å². The van der Waals surface area contributed by atoms with Crippen LogP contribution in [-0.4, -0.2) is 23.3 Å². The second-order valence-electron chi connectivity index (χ2n) is 3.24. The second-order valence-corrected chi connectivity index (χ2v) is 3.24. The number of phenols is 1. The molecule has 0 aliphatic carbocycles. The lowest BCUT2D eigenvalue weighted by Crippen LogP contribution is -2.35. The summed E-state index contributed by atoms with van der Waals surface area (Å²) in [6, 6.07) is 5.82. The molecule has 1 amide bonds. The first-order chi connectivity index (χ1) is 7.11. The highest BCUT2D eigenvalue weighted by molar-refractivity contribution is 5.77. The maximum atomic E-state index is 10.7. The molecule has 0 aromatic heterocycles. The van der Waals surface area contributed by atoms with E-state index in [0.29, 0.717) is 6.42 Å². The summed E-state index contributed by atoms with van der Waals surface area (Å²) in [5.41, 5.74) is 0.856. The molecule has 0 aliphatic heterocycles. The number of aromatic hydroxyl groups is 1. The van der Waals surface area contributed by atoms with Crippen LogP contribution >= 0.6 is 0 Å². The predicted molar refractivity (Wildman–Crippen MR) is 55.1 cm³/mol. The van der Waals surface area contributed by atoms with Crippen LogP contribution in [0.2, 0.25) is 0 Å². The van der Waals surface area contributed by atoms with Gasteiger partial charge in [0.15, 0.2) is 0 Å². The largest absolute Gasteiger partial charge is 0.508 e. The Balaban J connectivity index is 2.62. The summed E-state index contributed by atoms with van der Waals surface area (Å²) in [6.07, 6.45) is 2.13. The Hall–Kier alpha value is -1.84. The molecule has 0 saturated carbocycles. The van der Waals surface area contributed by atoms with Crippen molar-refractivity contribution in [1.82, 2.24) is 5.32 Å². The number of phenolic OH excluding ortho intramolecular Hbond substituents is 1. The van der Waals surface area contributed by atoms with Crippen molar-refractivity contribution in [2.24, 2.45) is 0 Å². The average molecular weight is 206 g/mol. The maximum absolute atomic E-state index is 10.7. The highest BCUT2D eigenvalue weighted by Crippen LogP contribution is 2.10. The Kier molecular flexibility index (Phi) is 3.85. The van der Waals surface area contributed by atoms with E-state index in [1.54, 1.807) is 18.4 Å². The van der Waals surface area contributed by atoms with Crippen LogP contribution in [0, 0.1) is 0 Å². The van der Waals surface area contributed by atoms with E-state index < -0.39 is 6.04 Å². The molecule has 15 heavy (non-hydrogen) atoms. The van der Waals surface area contributed by atoms with E-state index >= 15 is 0 Å². The Labute approximate surface area is 87.9 Å². The molecular weight excluding hydrogens is 194 g/mol. The van der Waals surface area contributed by atoms with Crippen molar-refractivity contribution in [2.45, 2.75) is 19.4 Å². The Bertz CT molecular complexity index is 345. The minimum Gasteiger partial charge on any atom is -0.508 e. The summed E-state index contributed by atoms with van der Waals surface area (Å²) in [7, 11) is 0. The number of benzene rings is 1. The van der Waals surface area contributed by atoms with Crippen molar-refractivity contribution in [2.75, 3.05) is 0 Å². The molecule has 4 nitrogen and oxygen atoms in total. The maximum Gasteiger partial charge on any atom is 0.223 e. The smallest absolute Gasteiger partial charge is 0.223 e. The zero-order valence-electron chi connectivity index (χ0n) is 8.36. The summed E-state index contributed by atoms with van der Waals surface area (Å²) in [5.74, 6) is -0.0907. The summed E-state index contributed by atoms with van der Waals surface area (Å²) in [6.45, 7) is 1.35. The number of rotatable bonds is 4. The predicted octanol–water partition coefficient (Wildman–Crippen LogP) is 0.549. The molecule has 0 saturated heterocycles. The van der Waals surface area contributed by atoms with Gasteiger partial charge in [-0.15, -0.1) is 0 Å². The molecule has 4 heteroatoms. The standard InChI is InChI=1S/C11H12NO3/c1-8(14)12-10(7-13)6-9-2-4-11(15)5-3-9/h2-5,10,15H,6H2,1H3,(H,12,14). The first-order valence-corrected chi connectivity index (χ1v) is 4.54. The van der Waals surface area contributed by atoms with Gasteiger partial charge in [0.1, 0.15) is 5.75 Å². The molecule has 0 aliphatic rings. The normalized spacial score (nSPS) is 11.8. The lowest BCUT2D eigenvalue weighted by atomic mass is 10.1. The van der Waals surface area contributed by atoms with E-state index in [1.165, 1.54) is 19.1 Å². The molecule has 1 radical (unpaired) electrons. The van der Waals surface area contributed by atoms with E-state index in [0.717, 1.165) is 5.56 Å². The highest BCUT2D eigenvalue weighted by atomic mass is 16.3. The fraction of sp³-hybridized carbons (Fsp3) is 0.273. The van der Waals surface area contributed by atoms with Crippen LogP contribution in [0.1, 0.15) is 12.5 Å². The van der Waals surface area contributed by atoms with Crippen LogP contribution in [0.5, 0.6) is 5.75 Å². The third kappa shape index (κ3) is 3.81. The monoisotopic (exact) mass is 206 g/mol. The van der Waals surface area contributed by atoms with Crippen molar-refractivity contribution < 1.29 is 14.7 Å². The van der Waals surface area contributed by atoms with Gasteiger partial charge >= 0.3 is 0 Å². The highest BCUT2D eigenvalue weighted by Gasteiger charge is 2.10. The van der Waals surface area contributed by atoms with Gasteiger partial charge in [0.25, 0.3) is 0 Å². The Morgan fingerprint density at radius 2 is 2.07 bits per heavy atom. The zero-order chi connectivity index (χ0) is 11.3. The molecule has 2 N–H and O–H groups in total. The van der Waals surface area contributed by atoms with Crippen molar-refractivity contribution in [3.63, 3.8) is 0 Å². The minimum absolute atomic E-state index is 0.171. The van der Waals surface area contributed by atoms with Crippen molar-refractivity contribution in [1.29, 1.82) is 0 Å². The molecule has 1 aromatic rings. The third-order valence-corrected chi connectivity index (χ3v) is 1.90. The first-order valence-electron chi connectivity index (χ1n) is 4.54. The van der Waals surface area contributed by atoms with Crippen LogP contribution < -0.4 is 5.32 Å². The van der Waals surface area contributed by atoms with Gasteiger partial charge in [0.05, 0.1) is 6.04 Å². The Morgan fingerprint density at radius 3 is 2.53 bits per heavy atom. The molecule has 0 heterocycles. The molecule has 0 bridgehead atoms. The van der Waals surface area contributed by atoms with Crippen molar-refractivity contribution in [3.8, 4) is 5.75 Å². The van der Waals surface area contributed by atoms with Gasteiger partial charge in [-0.05, 0) is 17.7 Å². The number of nitrogens with one attached hydrogen (secondary N) is 1. The van der Waals surface area contributed by atoms with Gasteiger partial charge in [-0.2, -0.15) is 0 Å². The zero-order valence-corrected chi connectivity index (χ0v) is 8.36. The van der Waals surface area contributed by atoms with Gasteiger partial charge in [0.2, 0.25) is 12.2 Å². The molecule has 1 rings (SSSR count). The lowest BCUT2D eigenvalue weighted by molar-refractivity contribution is -0.119. The number of hydrogen-bond acceptors (Lipinski definition) is 3. The number of carbonyl (C=O) groups is 1. The van der Waals surface area contributed by atoms with Crippen molar-refractivity contribution >= 4 is 12.2 Å². The fourth-order valence-corrected chi connectivity index (χ4v) is 1.24. The van der Waals surface area contributed by atoms with E-state index in [1.807, 2.05) is 0 Å². The van der Waals surface area contributed by atoms with Crippen LogP contribution in [0.4, 0.5) is 0 Å². The number of hydrogen-bond donors (Lipinski definition) is 2. The summed E-state index contributed by atoms with van der Waals surface area (Å²) >= 11 is 0. The summed E-state index contributed by atoms with van der Waals surface area (Å²) in [5, 5.41) is 11.5. The van der Waals surface area contributed by atoms with Crippen molar-refractivity contribution in [3.05, 3.63) is 29.8 Å². The lowest BCUT2D eigenvalue weighted by Gasteiger charge is -2.10. The van der Waals surface area contributed by atoms with E-state index in [4.69, 9.17) is 5.11 Å². The van der Waals surface area contributed by atoms with E-state index in [2.05, 4.69) is 5.32 Å². The summed E-state index contributed by atoms with van der Waals surface area (Å²) < 4.78 is 0. The average Bonchev–Trinajstić information content (AvgIpc) is 2.19. The van der Waals surface area contributed by atoms with Crippen LogP contribution in [0.3, 0.4) is 0 Å². The summed E-state index contributed by atoms with van der Waals surface area (Å²) in [4.78, 5) is 21.3. The number of amides is 1. The van der Waals surface area contributed by atoms with Gasteiger partial charge in [-0.1, -0.05) is 12.1 Å². The second kappa shape index (κ2) is 5.14. The minimum atomic E-state index is -0.632. The molecular formula is C11H12NO3. The SMILES string of the molecule is CC(=O)NC([C]=O)Cc1ccc(O)cc1. The van der Waals surface area contributed by atoms with Crippen LogP contribution in [0.25, 0.3) is 0 Å². The van der Waals surface area contributed by atoms with Gasteiger partial charge < -0.3 is 10.4 Å². The number of carbonyl (C=O) groups excluding carboxylic acids is 2. The van der Waals surface area contributed by atoms with Gasteiger partial charge in [-0.25, -0.2) is 0 Å². The first kappa shape index (κ1) is 11.2. The fourth-order valence-electron chi connectivity index (χ4n) is 1.24. The molecule has 1 aromatic carbocycles. The Morgan fingerprint density at radius 1 is 1.47 bits per heavy atom. The van der Waals surface area contributed by atoms with E-state index in [9.17, 15) is 9.59 Å². The quantitative estimate of drug-likeness (QED) is 0.756. The molecule has 1 atom stereocenters.